The van der Waals surface area contributed by atoms with Gasteiger partial charge in [-0.05, 0) is 43.4 Å². The van der Waals surface area contributed by atoms with Crippen molar-refractivity contribution < 1.29 is 19.1 Å². The molecular weight excluding hydrogens is 356 g/mol. The number of benzene rings is 1. The molecule has 0 radical (unpaired) electrons. The summed E-state index contributed by atoms with van der Waals surface area (Å²) in [6, 6.07) is 6.70. The van der Waals surface area contributed by atoms with Crippen molar-refractivity contribution in [3.8, 4) is 0 Å². The highest BCUT2D eigenvalue weighted by Crippen LogP contribution is 2.45. The summed E-state index contributed by atoms with van der Waals surface area (Å²) < 4.78 is 5.20. The summed E-state index contributed by atoms with van der Waals surface area (Å²) in [5.74, 6) is -1.06. The Bertz CT molecular complexity index is 679. The van der Waals surface area contributed by atoms with Gasteiger partial charge >= 0.3 is 12.0 Å². The zero-order valence-corrected chi connectivity index (χ0v) is 15.3. The number of imide groups is 1. The number of hydrogen-bond acceptors (Lipinski definition) is 4. The molecule has 2 aliphatic rings. The first-order valence-electron chi connectivity index (χ1n) is 9.03. The van der Waals surface area contributed by atoms with Crippen LogP contribution in [0.4, 0.5) is 4.79 Å². The second-order valence-electron chi connectivity index (χ2n) is 7.02. The summed E-state index contributed by atoms with van der Waals surface area (Å²) in [5, 5.41) is 5.57. The smallest absolute Gasteiger partial charge is 0.321 e. The van der Waals surface area contributed by atoms with E-state index in [1.165, 1.54) is 0 Å². The number of carbonyl (C=O) groups is 3. The molecule has 2 fully saturated rings. The Morgan fingerprint density at radius 1 is 1.08 bits per heavy atom. The van der Waals surface area contributed by atoms with Gasteiger partial charge in [0.2, 0.25) is 0 Å². The molecular formula is C19H23ClN2O4. The minimum absolute atomic E-state index is 0.119. The number of rotatable bonds is 5. The van der Waals surface area contributed by atoms with E-state index in [0.717, 1.165) is 37.7 Å². The molecule has 2 aliphatic carbocycles. The third kappa shape index (κ3) is 4.18. The van der Waals surface area contributed by atoms with E-state index in [0.29, 0.717) is 17.9 Å². The third-order valence-electron chi connectivity index (χ3n) is 5.27. The number of ether oxygens (including phenoxy) is 1. The van der Waals surface area contributed by atoms with E-state index in [-0.39, 0.29) is 6.04 Å². The zero-order valence-electron chi connectivity index (χ0n) is 14.6. The maximum atomic E-state index is 12.6. The first-order valence-corrected chi connectivity index (χ1v) is 9.41. The number of hydrogen-bond donors (Lipinski definition) is 2. The normalized spacial score (nSPS) is 18.7. The quantitative estimate of drug-likeness (QED) is 0.771. The number of urea groups is 1. The Balaban J connectivity index is 1.50. The second-order valence-corrected chi connectivity index (χ2v) is 7.46. The van der Waals surface area contributed by atoms with Crippen LogP contribution in [0.3, 0.4) is 0 Å². The van der Waals surface area contributed by atoms with Crippen molar-refractivity contribution in [2.75, 3.05) is 6.61 Å². The Labute approximate surface area is 157 Å². The molecule has 0 aromatic heterocycles. The highest BCUT2D eigenvalue weighted by Gasteiger charge is 2.47. The average molecular weight is 379 g/mol. The van der Waals surface area contributed by atoms with Crippen LogP contribution in [-0.4, -0.2) is 30.6 Å². The Morgan fingerprint density at radius 2 is 1.73 bits per heavy atom. The summed E-state index contributed by atoms with van der Waals surface area (Å²) in [6.45, 7) is -0.466. The van der Waals surface area contributed by atoms with Gasteiger partial charge in [-0.15, -0.1) is 0 Å². The lowest BCUT2D eigenvalue weighted by Crippen LogP contribution is -2.47. The standard InChI is InChI=1S/C19H23ClN2O4/c20-14-8-6-13(7-9-14)19(10-3-11-19)17(24)26-12-16(23)22-18(25)21-15-4-1-2-5-15/h6-9,15H,1-5,10-12H2,(H2,21,22,23,25). The van der Waals surface area contributed by atoms with Crippen LogP contribution >= 0.6 is 11.6 Å². The molecule has 0 aliphatic heterocycles. The van der Waals surface area contributed by atoms with Crippen LogP contribution in [0, 0.1) is 0 Å². The van der Waals surface area contributed by atoms with Crippen molar-refractivity contribution in [1.82, 2.24) is 10.6 Å². The highest BCUT2D eigenvalue weighted by atomic mass is 35.5. The van der Waals surface area contributed by atoms with Crippen molar-refractivity contribution in [2.24, 2.45) is 0 Å². The van der Waals surface area contributed by atoms with Gasteiger partial charge in [-0.1, -0.05) is 43.0 Å². The second kappa shape index (κ2) is 8.08. The van der Waals surface area contributed by atoms with Gasteiger partial charge in [0, 0.05) is 11.1 Å². The number of esters is 1. The van der Waals surface area contributed by atoms with Gasteiger partial charge < -0.3 is 10.1 Å². The molecule has 7 heteroatoms. The molecule has 3 rings (SSSR count). The van der Waals surface area contributed by atoms with Crippen LogP contribution in [0.15, 0.2) is 24.3 Å². The van der Waals surface area contributed by atoms with E-state index in [1.807, 2.05) is 12.1 Å². The molecule has 0 heterocycles. The monoisotopic (exact) mass is 378 g/mol. The molecule has 2 saturated carbocycles. The summed E-state index contributed by atoms with van der Waals surface area (Å²) in [5.41, 5.74) is 0.134. The number of nitrogens with one attached hydrogen (secondary N) is 2. The van der Waals surface area contributed by atoms with Gasteiger partial charge in [-0.25, -0.2) is 4.79 Å². The summed E-state index contributed by atoms with van der Waals surface area (Å²) >= 11 is 5.91. The number of amides is 3. The molecule has 3 amide bonds. The third-order valence-corrected chi connectivity index (χ3v) is 5.52. The molecule has 1 aromatic rings. The van der Waals surface area contributed by atoms with Crippen LogP contribution in [-0.2, 0) is 19.7 Å². The summed E-state index contributed by atoms with van der Waals surface area (Å²) in [7, 11) is 0. The van der Waals surface area contributed by atoms with Crippen LogP contribution in [0.5, 0.6) is 0 Å². The van der Waals surface area contributed by atoms with Gasteiger partial charge in [0.1, 0.15) is 0 Å². The van der Waals surface area contributed by atoms with Gasteiger partial charge in [-0.2, -0.15) is 0 Å². The average Bonchev–Trinajstić information content (AvgIpc) is 3.06. The van der Waals surface area contributed by atoms with E-state index in [4.69, 9.17) is 16.3 Å². The number of carbonyl (C=O) groups excluding carboxylic acids is 3. The molecule has 0 spiro atoms. The van der Waals surface area contributed by atoms with E-state index in [9.17, 15) is 14.4 Å². The van der Waals surface area contributed by atoms with Crippen molar-refractivity contribution >= 4 is 29.5 Å². The largest absolute Gasteiger partial charge is 0.455 e. The topological polar surface area (TPSA) is 84.5 Å². The molecule has 2 N–H and O–H groups in total. The predicted octanol–water partition coefficient (Wildman–Crippen LogP) is 3.07. The molecule has 140 valence electrons. The summed E-state index contributed by atoms with van der Waals surface area (Å²) in [4.78, 5) is 36.2. The fourth-order valence-corrected chi connectivity index (χ4v) is 3.76. The first-order chi connectivity index (χ1) is 12.5. The van der Waals surface area contributed by atoms with Gasteiger partial charge in [0.05, 0.1) is 5.41 Å². The first kappa shape index (κ1) is 18.7. The Morgan fingerprint density at radius 3 is 2.31 bits per heavy atom. The van der Waals surface area contributed by atoms with E-state index < -0.39 is 29.9 Å². The lowest BCUT2D eigenvalue weighted by atomic mass is 9.64. The maximum absolute atomic E-state index is 12.6. The lowest BCUT2D eigenvalue weighted by Gasteiger charge is -2.39. The molecule has 0 bridgehead atoms. The molecule has 0 unspecified atom stereocenters. The van der Waals surface area contributed by atoms with Crippen LogP contribution in [0.2, 0.25) is 5.02 Å². The molecule has 0 atom stereocenters. The lowest BCUT2D eigenvalue weighted by molar-refractivity contribution is -0.157. The highest BCUT2D eigenvalue weighted by molar-refractivity contribution is 6.30. The fourth-order valence-electron chi connectivity index (χ4n) is 3.63. The predicted molar refractivity (Wildman–Crippen MR) is 96.9 cm³/mol. The minimum Gasteiger partial charge on any atom is -0.455 e. The van der Waals surface area contributed by atoms with E-state index >= 15 is 0 Å². The Kier molecular flexibility index (Phi) is 5.81. The van der Waals surface area contributed by atoms with Gasteiger partial charge in [-0.3, -0.25) is 14.9 Å². The molecule has 26 heavy (non-hydrogen) atoms. The zero-order chi connectivity index (χ0) is 18.6. The van der Waals surface area contributed by atoms with Crippen molar-refractivity contribution in [3.05, 3.63) is 34.9 Å². The Hall–Kier alpha value is -2.08. The number of halogens is 1. The van der Waals surface area contributed by atoms with Crippen molar-refractivity contribution in [3.63, 3.8) is 0 Å². The van der Waals surface area contributed by atoms with Crippen LogP contribution in [0.1, 0.15) is 50.5 Å². The van der Waals surface area contributed by atoms with Crippen LogP contribution in [0.25, 0.3) is 0 Å². The van der Waals surface area contributed by atoms with Crippen LogP contribution < -0.4 is 10.6 Å². The SMILES string of the molecule is O=C(COC(=O)C1(c2ccc(Cl)cc2)CCC1)NC(=O)NC1CCCC1. The maximum Gasteiger partial charge on any atom is 0.321 e. The van der Waals surface area contributed by atoms with Crippen molar-refractivity contribution in [2.45, 2.75) is 56.4 Å². The van der Waals surface area contributed by atoms with Gasteiger partial charge in [0.15, 0.2) is 6.61 Å². The van der Waals surface area contributed by atoms with E-state index in [1.54, 1.807) is 12.1 Å². The fraction of sp³-hybridized carbons (Fsp3) is 0.526. The molecule has 0 saturated heterocycles. The van der Waals surface area contributed by atoms with Gasteiger partial charge in [0.25, 0.3) is 5.91 Å². The molecule has 1 aromatic carbocycles. The summed E-state index contributed by atoms with van der Waals surface area (Å²) in [6.07, 6.45) is 6.31. The minimum atomic E-state index is -0.711. The van der Waals surface area contributed by atoms with Crippen molar-refractivity contribution in [1.29, 1.82) is 0 Å². The van der Waals surface area contributed by atoms with E-state index in [2.05, 4.69) is 10.6 Å². The molecule has 6 nitrogen and oxygen atoms in total.